The number of carbonyl (C=O) groups is 3. The zero-order chi connectivity index (χ0) is 18.9. The van der Waals surface area contributed by atoms with E-state index in [-0.39, 0.29) is 23.8 Å². The predicted molar refractivity (Wildman–Crippen MR) is 88.0 cm³/mol. The van der Waals surface area contributed by atoms with Crippen molar-refractivity contribution in [1.29, 1.82) is 0 Å². The van der Waals surface area contributed by atoms with Gasteiger partial charge in [-0.05, 0) is 55.9 Å². The first-order valence-corrected chi connectivity index (χ1v) is 8.53. The van der Waals surface area contributed by atoms with Crippen LogP contribution < -0.4 is 10.1 Å². The van der Waals surface area contributed by atoms with Gasteiger partial charge in [0, 0.05) is 5.56 Å². The Balaban J connectivity index is 1.67. The van der Waals surface area contributed by atoms with Gasteiger partial charge in [-0.25, -0.2) is 4.79 Å². The number of halogens is 2. The van der Waals surface area contributed by atoms with Gasteiger partial charge in [0.05, 0.1) is 6.54 Å². The lowest BCUT2D eigenvalue weighted by Gasteiger charge is -2.33. The van der Waals surface area contributed by atoms with E-state index in [0.29, 0.717) is 18.8 Å². The zero-order valence-corrected chi connectivity index (χ0v) is 14.3. The first-order chi connectivity index (χ1) is 12.3. The number of ketones is 1. The normalized spacial score (nSPS) is 25.7. The number of ether oxygens (including phenoxy) is 1. The minimum atomic E-state index is -2.95. The number of nitrogens with one attached hydrogen (secondary N) is 1. The van der Waals surface area contributed by atoms with Crippen LogP contribution in [0.5, 0.6) is 5.75 Å². The van der Waals surface area contributed by atoms with Crippen LogP contribution in [-0.4, -0.2) is 41.3 Å². The van der Waals surface area contributed by atoms with Crippen LogP contribution in [0, 0.1) is 5.92 Å². The number of alkyl halides is 2. The second-order valence-corrected chi connectivity index (χ2v) is 6.91. The SMILES string of the molecule is CC1CCC2(CC1)NC(=O)N(CC(=O)c1ccc(OC(F)F)cc1)C2=O. The Bertz CT molecular complexity index is 712. The maximum atomic E-state index is 12.7. The highest BCUT2D eigenvalue weighted by atomic mass is 19.3. The standard InChI is InChI=1S/C18H20F2N2O4/c1-11-6-8-18(9-7-11)15(24)22(17(25)21-18)10-14(23)12-2-4-13(5-3-12)26-16(19)20/h2-5,11,16H,6-10H2,1H3,(H,21,25). The molecule has 0 aromatic heterocycles. The first-order valence-electron chi connectivity index (χ1n) is 8.53. The molecule has 1 N–H and O–H groups in total. The molecule has 0 bridgehead atoms. The van der Waals surface area contributed by atoms with Crippen molar-refractivity contribution in [2.45, 2.75) is 44.8 Å². The summed E-state index contributed by atoms with van der Waals surface area (Å²) in [5, 5.41) is 2.76. The van der Waals surface area contributed by atoms with Gasteiger partial charge in [-0.3, -0.25) is 14.5 Å². The molecule has 0 atom stereocenters. The van der Waals surface area contributed by atoms with Gasteiger partial charge in [-0.2, -0.15) is 8.78 Å². The monoisotopic (exact) mass is 366 g/mol. The summed E-state index contributed by atoms with van der Waals surface area (Å²) < 4.78 is 28.5. The fourth-order valence-corrected chi connectivity index (χ4v) is 3.47. The zero-order valence-electron chi connectivity index (χ0n) is 14.3. The molecule has 2 aliphatic rings. The van der Waals surface area contributed by atoms with Gasteiger partial charge in [0.2, 0.25) is 0 Å². The van der Waals surface area contributed by atoms with E-state index in [1.807, 2.05) is 0 Å². The van der Waals surface area contributed by atoms with E-state index in [4.69, 9.17) is 0 Å². The Morgan fingerprint density at radius 1 is 1.27 bits per heavy atom. The van der Waals surface area contributed by atoms with E-state index in [1.54, 1.807) is 0 Å². The van der Waals surface area contributed by atoms with E-state index in [2.05, 4.69) is 17.0 Å². The van der Waals surface area contributed by atoms with Gasteiger partial charge >= 0.3 is 12.6 Å². The maximum Gasteiger partial charge on any atom is 0.387 e. The number of urea groups is 1. The fraction of sp³-hybridized carbons (Fsp3) is 0.500. The highest BCUT2D eigenvalue weighted by Gasteiger charge is 2.52. The van der Waals surface area contributed by atoms with Crippen molar-refractivity contribution in [2.24, 2.45) is 5.92 Å². The van der Waals surface area contributed by atoms with E-state index < -0.39 is 24.0 Å². The van der Waals surface area contributed by atoms with Crippen molar-refractivity contribution >= 4 is 17.7 Å². The molecular formula is C18H20F2N2O4. The van der Waals surface area contributed by atoms with E-state index >= 15 is 0 Å². The number of Topliss-reactive ketones (excluding diaryl/α,β-unsaturated/α-hetero) is 1. The first kappa shape index (κ1) is 18.3. The quantitative estimate of drug-likeness (QED) is 0.642. The Morgan fingerprint density at radius 2 is 1.88 bits per heavy atom. The fourth-order valence-electron chi connectivity index (χ4n) is 3.47. The van der Waals surface area contributed by atoms with Gasteiger partial charge in [-0.1, -0.05) is 6.92 Å². The highest BCUT2D eigenvalue weighted by Crippen LogP contribution is 2.36. The summed E-state index contributed by atoms with van der Waals surface area (Å²) in [4.78, 5) is 38.3. The van der Waals surface area contributed by atoms with E-state index in [9.17, 15) is 23.2 Å². The number of rotatable bonds is 5. The van der Waals surface area contributed by atoms with Crippen LogP contribution >= 0.6 is 0 Å². The molecule has 26 heavy (non-hydrogen) atoms. The Hall–Kier alpha value is -2.51. The number of imide groups is 1. The molecule has 1 aliphatic heterocycles. The van der Waals surface area contributed by atoms with Crippen molar-refractivity contribution < 1.29 is 27.9 Å². The lowest BCUT2D eigenvalue weighted by molar-refractivity contribution is -0.132. The summed E-state index contributed by atoms with van der Waals surface area (Å²) in [6, 6.07) is 4.59. The molecule has 1 heterocycles. The summed E-state index contributed by atoms with van der Waals surface area (Å²) in [6.07, 6.45) is 2.84. The van der Waals surface area contributed by atoms with Crippen molar-refractivity contribution in [3.05, 3.63) is 29.8 Å². The molecule has 1 spiro atoms. The summed E-state index contributed by atoms with van der Waals surface area (Å²) >= 11 is 0. The minimum absolute atomic E-state index is 0.0678. The van der Waals surface area contributed by atoms with Crippen LogP contribution in [0.15, 0.2) is 24.3 Å². The number of benzene rings is 1. The molecule has 3 amide bonds. The second kappa shape index (κ2) is 7.01. The Morgan fingerprint density at radius 3 is 2.46 bits per heavy atom. The topological polar surface area (TPSA) is 75.7 Å². The molecule has 2 fully saturated rings. The van der Waals surface area contributed by atoms with Crippen molar-refractivity contribution in [3.8, 4) is 5.75 Å². The van der Waals surface area contributed by atoms with Crippen molar-refractivity contribution in [1.82, 2.24) is 10.2 Å². The lowest BCUT2D eigenvalue weighted by atomic mass is 9.77. The molecule has 0 radical (unpaired) electrons. The number of hydrogen-bond donors (Lipinski definition) is 1. The smallest absolute Gasteiger partial charge is 0.387 e. The highest BCUT2D eigenvalue weighted by molar-refractivity contribution is 6.11. The number of nitrogens with zero attached hydrogens (tertiary/aromatic N) is 1. The molecule has 6 nitrogen and oxygen atoms in total. The second-order valence-electron chi connectivity index (χ2n) is 6.91. The Labute approximate surface area is 149 Å². The van der Waals surface area contributed by atoms with Gasteiger partial charge < -0.3 is 10.1 Å². The molecule has 1 aromatic carbocycles. The van der Waals surface area contributed by atoms with Gasteiger partial charge in [-0.15, -0.1) is 0 Å². The number of amides is 3. The molecule has 140 valence electrons. The maximum absolute atomic E-state index is 12.7. The van der Waals surface area contributed by atoms with Crippen LogP contribution in [0.4, 0.5) is 13.6 Å². The molecule has 3 rings (SSSR count). The lowest BCUT2D eigenvalue weighted by Crippen LogP contribution is -2.49. The van der Waals surface area contributed by atoms with Crippen LogP contribution in [-0.2, 0) is 4.79 Å². The van der Waals surface area contributed by atoms with Gasteiger partial charge in [0.25, 0.3) is 5.91 Å². The molecule has 8 heteroatoms. The van der Waals surface area contributed by atoms with E-state index in [1.165, 1.54) is 24.3 Å². The Kier molecular flexibility index (Phi) is 4.93. The van der Waals surface area contributed by atoms with Crippen molar-refractivity contribution in [3.63, 3.8) is 0 Å². The average Bonchev–Trinajstić information content (AvgIpc) is 2.82. The van der Waals surface area contributed by atoms with Crippen LogP contribution in [0.2, 0.25) is 0 Å². The van der Waals surface area contributed by atoms with E-state index in [0.717, 1.165) is 17.7 Å². The predicted octanol–water partition coefficient (Wildman–Crippen LogP) is 2.97. The average molecular weight is 366 g/mol. The molecule has 0 unspecified atom stereocenters. The number of carbonyl (C=O) groups excluding carboxylic acids is 3. The summed E-state index contributed by atoms with van der Waals surface area (Å²) in [5.74, 6) is -0.365. The third kappa shape index (κ3) is 3.54. The minimum Gasteiger partial charge on any atom is -0.435 e. The van der Waals surface area contributed by atoms with Gasteiger partial charge in [0.15, 0.2) is 5.78 Å². The molecule has 1 aliphatic carbocycles. The van der Waals surface area contributed by atoms with Crippen LogP contribution in [0.25, 0.3) is 0 Å². The molecule has 1 aromatic rings. The third-order valence-electron chi connectivity index (χ3n) is 5.08. The van der Waals surface area contributed by atoms with Crippen LogP contribution in [0.1, 0.15) is 43.0 Å². The van der Waals surface area contributed by atoms with Crippen LogP contribution in [0.3, 0.4) is 0 Å². The summed E-state index contributed by atoms with van der Waals surface area (Å²) in [7, 11) is 0. The number of hydrogen-bond acceptors (Lipinski definition) is 4. The summed E-state index contributed by atoms with van der Waals surface area (Å²) in [6.45, 7) is -1.22. The third-order valence-corrected chi connectivity index (χ3v) is 5.08. The molecule has 1 saturated carbocycles. The molecular weight excluding hydrogens is 346 g/mol. The van der Waals surface area contributed by atoms with Crippen molar-refractivity contribution in [2.75, 3.05) is 6.54 Å². The summed E-state index contributed by atoms with van der Waals surface area (Å²) in [5.41, 5.74) is -0.677. The van der Waals surface area contributed by atoms with Gasteiger partial charge in [0.1, 0.15) is 11.3 Å². The molecule has 1 saturated heterocycles. The largest absolute Gasteiger partial charge is 0.435 e.